The van der Waals surface area contributed by atoms with Gasteiger partial charge < -0.3 is 5.73 Å². The Morgan fingerprint density at radius 2 is 2.00 bits per heavy atom. The van der Waals surface area contributed by atoms with E-state index in [2.05, 4.69) is 0 Å². The van der Waals surface area contributed by atoms with Gasteiger partial charge in [-0.2, -0.15) is 0 Å². The minimum absolute atomic E-state index is 0.188. The molecule has 13 heavy (non-hydrogen) atoms. The van der Waals surface area contributed by atoms with E-state index in [0.717, 1.165) is 5.56 Å². The summed E-state index contributed by atoms with van der Waals surface area (Å²) < 4.78 is 13.2. The topological polar surface area (TPSA) is 26.0 Å². The highest BCUT2D eigenvalue weighted by Crippen LogP contribution is 2.31. The first-order chi connectivity index (χ1) is 6.04. The van der Waals surface area contributed by atoms with E-state index in [1.165, 1.54) is 6.92 Å². The van der Waals surface area contributed by atoms with E-state index in [4.69, 9.17) is 17.3 Å². The quantitative estimate of drug-likeness (QED) is 0.780. The molecule has 0 fully saturated rings. The van der Waals surface area contributed by atoms with Gasteiger partial charge in [0.25, 0.3) is 0 Å². The number of benzene rings is 1. The molecule has 2 N–H and O–H groups in total. The lowest BCUT2D eigenvalue weighted by molar-refractivity contribution is 0.371. The van der Waals surface area contributed by atoms with Crippen molar-refractivity contribution in [3.05, 3.63) is 34.3 Å². The zero-order chi connectivity index (χ0) is 10.0. The average Bonchev–Trinajstić information content (AvgIpc) is 2.02. The Balaban J connectivity index is 3.26. The van der Waals surface area contributed by atoms with Gasteiger partial charge in [0.15, 0.2) is 0 Å². The van der Waals surface area contributed by atoms with Crippen LogP contribution in [0.3, 0.4) is 0 Å². The van der Waals surface area contributed by atoms with Gasteiger partial charge in [0.2, 0.25) is 0 Å². The molecule has 0 heterocycles. The maximum atomic E-state index is 13.2. The molecule has 0 aromatic heterocycles. The molecular formula is C10H13ClFN. The second-order valence-electron chi connectivity index (χ2n) is 3.15. The Bertz CT molecular complexity index is 297. The highest BCUT2D eigenvalue weighted by atomic mass is 35.5. The molecule has 0 aliphatic carbocycles. The molecule has 1 nitrogen and oxygen atoms in total. The van der Waals surface area contributed by atoms with Crippen LogP contribution in [-0.2, 0) is 0 Å². The number of hydrogen-bond acceptors (Lipinski definition) is 1. The highest BCUT2D eigenvalue weighted by molar-refractivity contribution is 6.31. The van der Waals surface area contributed by atoms with E-state index < -0.39 is 6.17 Å². The predicted octanol–water partition coefficient (Wildman–Crippen LogP) is 3.39. The molecule has 0 bridgehead atoms. The molecule has 0 amide bonds. The van der Waals surface area contributed by atoms with Crippen molar-refractivity contribution in [1.82, 2.24) is 0 Å². The van der Waals surface area contributed by atoms with E-state index in [1.54, 1.807) is 12.1 Å². The summed E-state index contributed by atoms with van der Waals surface area (Å²) in [6.45, 7) is 3.28. The van der Waals surface area contributed by atoms with Crippen LogP contribution in [0.2, 0.25) is 5.02 Å². The van der Waals surface area contributed by atoms with Gasteiger partial charge in [-0.25, -0.2) is 4.39 Å². The van der Waals surface area contributed by atoms with Crippen LogP contribution in [0.15, 0.2) is 18.2 Å². The maximum absolute atomic E-state index is 13.2. The van der Waals surface area contributed by atoms with Crippen molar-refractivity contribution in [2.45, 2.75) is 26.1 Å². The Morgan fingerprint density at radius 1 is 1.38 bits per heavy atom. The molecule has 0 saturated carbocycles. The van der Waals surface area contributed by atoms with Crippen molar-refractivity contribution in [3.8, 4) is 0 Å². The van der Waals surface area contributed by atoms with Crippen LogP contribution >= 0.6 is 11.6 Å². The van der Waals surface area contributed by atoms with E-state index in [9.17, 15) is 4.39 Å². The summed E-state index contributed by atoms with van der Waals surface area (Å²) in [5.41, 5.74) is 6.99. The van der Waals surface area contributed by atoms with Crippen molar-refractivity contribution in [2.24, 2.45) is 5.73 Å². The second kappa shape index (κ2) is 4.07. The SMILES string of the molecule is CC(N)c1cccc(Cl)c1C(C)F. The van der Waals surface area contributed by atoms with E-state index in [-0.39, 0.29) is 6.04 Å². The summed E-state index contributed by atoms with van der Waals surface area (Å²) >= 11 is 5.87. The van der Waals surface area contributed by atoms with Gasteiger partial charge >= 0.3 is 0 Å². The zero-order valence-electron chi connectivity index (χ0n) is 7.72. The van der Waals surface area contributed by atoms with E-state index in [0.29, 0.717) is 10.6 Å². The van der Waals surface area contributed by atoms with Crippen molar-refractivity contribution < 1.29 is 4.39 Å². The first kappa shape index (κ1) is 10.5. The maximum Gasteiger partial charge on any atom is 0.124 e. The Hall–Kier alpha value is -0.600. The molecule has 1 aromatic carbocycles. The number of hydrogen-bond donors (Lipinski definition) is 1. The minimum Gasteiger partial charge on any atom is -0.324 e. The highest BCUT2D eigenvalue weighted by Gasteiger charge is 2.15. The van der Waals surface area contributed by atoms with Crippen LogP contribution in [0.4, 0.5) is 4.39 Å². The molecule has 72 valence electrons. The number of alkyl halides is 1. The van der Waals surface area contributed by atoms with Crippen molar-refractivity contribution in [1.29, 1.82) is 0 Å². The molecule has 0 aliphatic heterocycles. The monoisotopic (exact) mass is 201 g/mol. The van der Waals surface area contributed by atoms with Crippen LogP contribution in [0, 0.1) is 0 Å². The van der Waals surface area contributed by atoms with Crippen LogP contribution in [0.5, 0.6) is 0 Å². The van der Waals surface area contributed by atoms with Crippen LogP contribution in [0.1, 0.15) is 37.2 Å². The largest absolute Gasteiger partial charge is 0.324 e. The van der Waals surface area contributed by atoms with Crippen molar-refractivity contribution in [2.75, 3.05) is 0 Å². The summed E-state index contributed by atoms with van der Waals surface area (Å²) in [5, 5.41) is 0.449. The Labute approximate surface area is 82.7 Å². The van der Waals surface area contributed by atoms with Gasteiger partial charge in [-0.1, -0.05) is 23.7 Å². The molecule has 0 radical (unpaired) electrons. The Kier molecular flexibility index (Phi) is 3.28. The fourth-order valence-electron chi connectivity index (χ4n) is 1.37. The third kappa shape index (κ3) is 2.20. The molecule has 2 unspecified atom stereocenters. The van der Waals surface area contributed by atoms with Crippen LogP contribution in [-0.4, -0.2) is 0 Å². The fourth-order valence-corrected chi connectivity index (χ4v) is 1.70. The molecule has 0 saturated heterocycles. The average molecular weight is 202 g/mol. The first-order valence-corrected chi connectivity index (χ1v) is 4.59. The molecule has 0 spiro atoms. The van der Waals surface area contributed by atoms with Crippen LogP contribution < -0.4 is 5.73 Å². The van der Waals surface area contributed by atoms with Gasteiger partial charge in [0, 0.05) is 16.6 Å². The normalized spacial score (nSPS) is 15.5. The van der Waals surface area contributed by atoms with Gasteiger partial charge in [-0.3, -0.25) is 0 Å². The zero-order valence-corrected chi connectivity index (χ0v) is 8.48. The van der Waals surface area contributed by atoms with Crippen molar-refractivity contribution in [3.63, 3.8) is 0 Å². The second-order valence-corrected chi connectivity index (χ2v) is 3.55. The lowest BCUT2D eigenvalue weighted by atomic mass is 9.99. The van der Waals surface area contributed by atoms with Gasteiger partial charge in [-0.15, -0.1) is 0 Å². The molecule has 3 heteroatoms. The lowest BCUT2D eigenvalue weighted by Gasteiger charge is -2.14. The third-order valence-corrected chi connectivity index (χ3v) is 2.30. The smallest absolute Gasteiger partial charge is 0.124 e. The molecule has 1 rings (SSSR count). The van der Waals surface area contributed by atoms with E-state index in [1.807, 2.05) is 13.0 Å². The summed E-state index contributed by atoms with van der Waals surface area (Å²) in [5.74, 6) is 0. The van der Waals surface area contributed by atoms with Gasteiger partial charge in [-0.05, 0) is 25.5 Å². The predicted molar refractivity (Wildman–Crippen MR) is 53.6 cm³/mol. The summed E-state index contributed by atoms with van der Waals surface area (Å²) in [4.78, 5) is 0. The Morgan fingerprint density at radius 3 is 2.38 bits per heavy atom. The summed E-state index contributed by atoms with van der Waals surface area (Å²) in [6.07, 6.45) is -1.07. The van der Waals surface area contributed by atoms with Crippen LogP contribution in [0.25, 0.3) is 0 Å². The van der Waals surface area contributed by atoms with Gasteiger partial charge in [0.05, 0.1) is 0 Å². The first-order valence-electron chi connectivity index (χ1n) is 4.22. The molecule has 2 atom stereocenters. The molecule has 1 aromatic rings. The van der Waals surface area contributed by atoms with Gasteiger partial charge in [0.1, 0.15) is 6.17 Å². The van der Waals surface area contributed by atoms with E-state index >= 15 is 0 Å². The lowest BCUT2D eigenvalue weighted by Crippen LogP contribution is -2.09. The molecular weight excluding hydrogens is 189 g/mol. The fraction of sp³-hybridized carbons (Fsp3) is 0.400. The van der Waals surface area contributed by atoms with Crippen molar-refractivity contribution >= 4 is 11.6 Å². The number of halogens is 2. The summed E-state index contributed by atoms with van der Waals surface area (Å²) in [7, 11) is 0. The standard InChI is InChI=1S/C10H13ClFN/c1-6(12)10-8(7(2)13)4-3-5-9(10)11/h3-7H,13H2,1-2H3. The number of nitrogens with two attached hydrogens (primary N) is 1. The minimum atomic E-state index is -1.07. The molecule has 0 aliphatic rings. The third-order valence-electron chi connectivity index (χ3n) is 1.97. The summed E-state index contributed by atoms with van der Waals surface area (Å²) in [6, 6.07) is 5.08. The number of rotatable bonds is 2.